The highest BCUT2D eigenvalue weighted by Crippen LogP contribution is 2.25. The van der Waals surface area contributed by atoms with E-state index in [9.17, 15) is 4.79 Å². The second kappa shape index (κ2) is 8.34. The van der Waals surface area contributed by atoms with E-state index in [4.69, 9.17) is 9.47 Å². The highest BCUT2D eigenvalue weighted by molar-refractivity contribution is 5.94. The molecule has 0 spiro atoms. The lowest BCUT2D eigenvalue weighted by atomic mass is 9.97. The number of esters is 1. The Balaban J connectivity index is 1.76. The summed E-state index contributed by atoms with van der Waals surface area (Å²) < 4.78 is 10.2. The normalized spacial score (nSPS) is 10.4. The summed E-state index contributed by atoms with van der Waals surface area (Å²) >= 11 is 0. The summed E-state index contributed by atoms with van der Waals surface area (Å²) in [5.74, 6) is 0.186. The zero-order valence-electron chi connectivity index (χ0n) is 15.1. The number of benzene rings is 3. The maximum atomic E-state index is 12.1. The molecule has 0 fully saturated rings. The molecule has 0 aliphatic heterocycles. The highest BCUT2D eigenvalue weighted by atomic mass is 16.5. The minimum atomic E-state index is -0.364. The quantitative estimate of drug-likeness (QED) is 0.594. The van der Waals surface area contributed by atoms with Crippen molar-refractivity contribution in [3.63, 3.8) is 0 Å². The molecule has 0 saturated heterocycles. The zero-order chi connectivity index (χ0) is 18.4. The van der Waals surface area contributed by atoms with Gasteiger partial charge in [0, 0.05) is 0 Å². The summed E-state index contributed by atoms with van der Waals surface area (Å²) in [6.45, 7) is 0. The third kappa shape index (κ3) is 3.94. The van der Waals surface area contributed by atoms with E-state index in [1.165, 1.54) is 23.8 Å². The third-order valence-electron chi connectivity index (χ3n) is 4.47. The van der Waals surface area contributed by atoms with Crippen molar-refractivity contribution in [1.29, 1.82) is 0 Å². The molecule has 3 heteroatoms. The number of hydrogen-bond acceptors (Lipinski definition) is 3. The molecule has 0 radical (unpaired) electrons. The van der Waals surface area contributed by atoms with Crippen LogP contribution in [0.2, 0.25) is 0 Å². The fourth-order valence-electron chi connectivity index (χ4n) is 3.06. The summed E-state index contributed by atoms with van der Waals surface area (Å²) in [4.78, 5) is 12.1. The minimum Gasteiger partial charge on any atom is -0.496 e. The van der Waals surface area contributed by atoms with Crippen LogP contribution in [0.3, 0.4) is 0 Å². The van der Waals surface area contributed by atoms with Gasteiger partial charge < -0.3 is 9.47 Å². The van der Waals surface area contributed by atoms with E-state index in [1.807, 2.05) is 30.3 Å². The van der Waals surface area contributed by atoms with Gasteiger partial charge >= 0.3 is 5.97 Å². The molecule has 0 atom stereocenters. The maximum absolute atomic E-state index is 12.1. The van der Waals surface area contributed by atoms with Crippen LogP contribution in [0.4, 0.5) is 0 Å². The van der Waals surface area contributed by atoms with Gasteiger partial charge in [-0.3, -0.25) is 0 Å². The lowest BCUT2D eigenvalue weighted by molar-refractivity contribution is 0.0595. The first-order chi connectivity index (χ1) is 12.7. The molecular formula is C23H22O3. The molecule has 0 unspecified atom stereocenters. The van der Waals surface area contributed by atoms with Gasteiger partial charge in [-0.2, -0.15) is 0 Å². The summed E-state index contributed by atoms with van der Waals surface area (Å²) in [5.41, 5.74) is 5.08. The Hall–Kier alpha value is -3.07. The lowest BCUT2D eigenvalue weighted by Crippen LogP contribution is -2.09. The van der Waals surface area contributed by atoms with Gasteiger partial charge in [0.05, 0.1) is 14.2 Å². The molecule has 3 nitrogen and oxygen atoms in total. The number of carbonyl (C=O) groups is 1. The van der Waals surface area contributed by atoms with Crippen LogP contribution >= 0.6 is 0 Å². The van der Waals surface area contributed by atoms with E-state index < -0.39 is 0 Å². The average molecular weight is 346 g/mol. The molecule has 0 bridgehead atoms. The van der Waals surface area contributed by atoms with Gasteiger partial charge in [0.15, 0.2) is 0 Å². The van der Waals surface area contributed by atoms with E-state index in [1.54, 1.807) is 13.2 Å². The topological polar surface area (TPSA) is 35.5 Å². The number of methoxy groups -OCH3 is 2. The number of aryl methyl sites for hydroxylation is 2. The van der Waals surface area contributed by atoms with Crippen LogP contribution in [0, 0.1) is 0 Å². The van der Waals surface area contributed by atoms with Crippen LogP contribution in [0.25, 0.3) is 11.1 Å². The number of hydrogen-bond donors (Lipinski definition) is 0. The summed E-state index contributed by atoms with van der Waals surface area (Å²) in [6, 6.07) is 24.5. The van der Waals surface area contributed by atoms with Crippen LogP contribution in [0.1, 0.15) is 21.5 Å². The first-order valence-electron chi connectivity index (χ1n) is 8.61. The molecule has 0 N–H and O–H groups in total. The summed E-state index contributed by atoms with van der Waals surface area (Å²) in [6.07, 6.45) is 1.58. The van der Waals surface area contributed by atoms with E-state index in [0.717, 1.165) is 18.4 Å². The van der Waals surface area contributed by atoms with Crippen molar-refractivity contribution in [2.75, 3.05) is 14.2 Å². The fourth-order valence-corrected chi connectivity index (χ4v) is 3.06. The Morgan fingerprint density at radius 3 is 2.12 bits per heavy atom. The smallest absolute Gasteiger partial charge is 0.341 e. The predicted molar refractivity (Wildman–Crippen MR) is 104 cm³/mol. The fraction of sp³-hybridized carbons (Fsp3) is 0.174. The molecule has 3 aromatic carbocycles. The Kier molecular flexibility index (Phi) is 5.69. The van der Waals surface area contributed by atoms with Gasteiger partial charge in [0.1, 0.15) is 11.3 Å². The van der Waals surface area contributed by atoms with Gasteiger partial charge in [0.2, 0.25) is 0 Å². The molecule has 0 aliphatic rings. The number of ether oxygens (including phenoxy) is 2. The van der Waals surface area contributed by atoms with E-state index in [2.05, 4.69) is 36.4 Å². The summed E-state index contributed by atoms with van der Waals surface area (Å²) in [7, 11) is 2.95. The second-order valence-corrected chi connectivity index (χ2v) is 6.05. The SMILES string of the molecule is COC(=O)c1c(CCc2ccc(-c3ccccc3)cc2)cccc1OC. The monoisotopic (exact) mass is 346 g/mol. The highest BCUT2D eigenvalue weighted by Gasteiger charge is 2.17. The zero-order valence-corrected chi connectivity index (χ0v) is 15.1. The molecule has 3 aromatic rings. The molecule has 132 valence electrons. The molecule has 0 heterocycles. The van der Waals surface area contributed by atoms with Gasteiger partial charge in [-0.15, -0.1) is 0 Å². The van der Waals surface area contributed by atoms with E-state index in [0.29, 0.717) is 11.3 Å². The van der Waals surface area contributed by atoms with Crippen molar-refractivity contribution in [2.45, 2.75) is 12.8 Å². The molecule has 26 heavy (non-hydrogen) atoms. The predicted octanol–water partition coefficient (Wildman–Crippen LogP) is 4.93. The largest absolute Gasteiger partial charge is 0.496 e. The number of carbonyl (C=O) groups excluding carboxylic acids is 1. The Bertz CT molecular complexity index is 868. The minimum absolute atomic E-state index is 0.364. The van der Waals surface area contributed by atoms with E-state index >= 15 is 0 Å². The van der Waals surface area contributed by atoms with Crippen LogP contribution in [-0.2, 0) is 17.6 Å². The van der Waals surface area contributed by atoms with Crippen LogP contribution in [-0.4, -0.2) is 20.2 Å². The molecular weight excluding hydrogens is 324 g/mol. The van der Waals surface area contributed by atoms with Gasteiger partial charge in [0.25, 0.3) is 0 Å². The van der Waals surface area contributed by atoms with Crippen molar-refractivity contribution in [2.24, 2.45) is 0 Å². The van der Waals surface area contributed by atoms with Crippen molar-refractivity contribution in [1.82, 2.24) is 0 Å². The first-order valence-corrected chi connectivity index (χ1v) is 8.61. The standard InChI is InChI=1S/C23H22O3/c1-25-21-10-6-9-20(22(21)23(24)26-2)16-13-17-11-14-19(15-12-17)18-7-4-3-5-8-18/h3-12,14-15H,13,16H2,1-2H3. The molecule has 0 aromatic heterocycles. The molecule has 3 rings (SSSR count). The van der Waals surface area contributed by atoms with Crippen LogP contribution < -0.4 is 4.74 Å². The molecule has 0 amide bonds. The van der Waals surface area contributed by atoms with Gasteiger partial charge in [-0.1, -0.05) is 66.7 Å². The van der Waals surface area contributed by atoms with Gasteiger partial charge in [-0.05, 0) is 41.2 Å². The first kappa shape index (κ1) is 17.7. The third-order valence-corrected chi connectivity index (χ3v) is 4.47. The van der Waals surface area contributed by atoms with Crippen molar-refractivity contribution in [3.05, 3.63) is 89.5 Å². The number of rotatable bonds is 6. The molecule has 0 aliphatic carbocycles. The van der Waals surface area contributed by atoms with Crippen LogP contribution in [0.5, 0.6) is 5.75 Å². The van der Waals surface area contributed by atoms with Crippen molar-refractivity contribution >= 4 is 5.97 Å². The Labute approximate surface area is 154 Å². The summed E-state index contributed by atoms with van der Waals surface area (Å²) in [5, 5.41) is 0. The Morgan fingerprint density at radius 2 is 1.46 bits per heavy atom. The second-order valence-electron chi connectivity index (χ2n) is 6.05. The molecule has 0 saturated carbocycles. The van der Waals surface area contributed by atoms with Crippen LogP contribution in [0.15, 0.2) is 72.8 Å². The van der Waals surface area contributed by atoms with Crippen molar-refractivity contribution in [3.8, 4) is 16.9 Å². The average Bonchev–Trinajstić information content (AvgIpc) is 2.72. The van der Waals surface area contributed by atoms with E-state index in [-0.39, 0.29) is 5.97 Å². The Morgan fingerprint density at radius 1 is 0.769 bits per heavy atom. The van der Waals surface area contributed by atoms with Crippen molar-refractivity contribution < 1.29 is 14.3 Å². The maximum Gasteiger partial charge on any atom is 0.341 e. The lowest BCUT2D eigenvalue weighted by Gasteiger charge is -2.12. The van der Waals surface area contributed by atoms with Gasteiger partial charge in [-0.25, -0.2) is 4.79 Å².